The molecule has 0 radical (unpaired) electrons. The van der Waals surface area contributed by atoms with Gasteiger partial charge in [-0.15, -0.1) is 11.3 Å². The summed E-state index contributed by atoms with van der Waals surface area (Å²) in [6.07, 6.45) is 2.55. The van der Waals surface area contributed by atoms with Crippen LogP contribution in [0.25, 0.3) is 11.6 Å². The van der Waals surface area contributed by atoms with Crippen LogP contribution in [0.3, 0.4) is 0 Å². The van der Waals surface area contributed by atoms with Crippen LogP contribution in [0, 0.1) is 22.7 Å². The fourth-order valence-electron chi connectivity index (χ4n) is 1.95. The first-order valence-electron chi connectivity index (χ1n) is 6.52. The van der Waals surface area contributed by atoms with Crippen molar-refractivity contribution in [1.29, 1.82) is 10.5 Å². The Labute approximate surface area is 126 Å². The zero-order chi connectivity index (χ0) is 15.2. The Hall–Kier alpha value is -2.63. The maximum atomic E-state index is 12.4. The number of hydrogen-bond donors (Lipinski definition) is 0. The molecule has 0 aliphatic heterocycles. The first kappa shape index (κ1) is 14.8. The number of hydrogen-bond acceptors (Lipinski definition) is 4. The third-order valence-electron chi connectivity index (χ3n) is 2.89. The zero-order valence-corrected chi connectivity index (χ0v) is 12.4. The van der Waals surface area contributed by atoms with Gasteiger partial charge < -0.3 is 0 Å². The topological polar surface area (TPSA) is 69.6 Å². The Morgan fingerprint density at radius 3 is 2.52 bits per heavy atom. The van der Waals surface area contributed by atoms with Crippen molar-refractivity contribution < 1.29 is 0 Å². The maximum absolute atomic E-state index is 12.4. The number of rotatable bonds is 3. The fourth-order valence-corrected chi connectivity index (χ4v) is 3.03. The lowest BCUT2D eigenvalue weighted by atomic mass is 10.2. The first-order chi connectivity index (χ1) is 10.2. The van der Waals surface area contributed by atoms with Crippen LogP contribution in [0.5, 0.6) is 0 Å². The van der Waals surface area contributed by atoms with E-state index in [2.05, 4.69) is 0 Å². The minimum Gasteiger partial charge on any atom is -0.297 e. The molecule has 0 saturated carbocycles. The summed E-state index contributed by atoms with van der Waals surface area (Å²) in [6, 6.07) is 13.2. The molecule has 0 spiro atoms. The Kier molecular flexibility index (Phi) is 4.71. The van der Waals surface area contributed by atoms with Crippen LogP contribution < -0.4 is 14.8 Å². The molecular weight excluding hydrogens is 282 g/mol. The summed E-state index contributed by atoms with van der Waals surface area (Å²) in [6.45, 7) is 2.45. The first-order valence-corrected chi connectivity index (χ1v) is 7.33. The largest absolute Gasteiger partial charge is 0.297 e. The summed E-state index contributed by atoms with van der Waals surface area (Å²) >= 11 is 1.19. The van der Waals surface area contributed by atoms with E-state index >= 15 is 0 Å². The van der Waals surface area contributed by atoms with Crippen LogP contribution in [0.15, 0.2) is 35.1 Å². The molecule has 4 nitrogen and oxygen atoms in total. The van der Waals surface area contributed by atoms with Gasteiger partial charge in [-0.1, -0.05) is 37.3 Å². The van der Waals surface area contributed by atoms with E-state index in [0.717, 1.165) is 12.0 Å². The second kappa shape index (κ2) is 6.69. The SMILES string of the molecule is CCCn1c(=C(C#N)C#N)s/c(=C\c2ccccc2)c1=O. The highest BCUT2D eigenvalue weighted by Gasteiger charge is 2.08. The van der Waals surface area contributed by atoms with Crippen LogP contribution in [0.1, 0.15) is 18.9 Å². The van der Waals surface area contributed by atoms with Crippen LogP contribution in [0.4, 0.5) is 0 Å². The molecule has 21 heavy (non-hydrogen) atoms. The predicted octanol–water partition coefficient (Wildman–Crippen LogP) is 1.35. The number of benzene rings is 1. The van der Waals surface area contributed by atoms with Crippen LogP contribution in [-0.2, 0) is 6.54 Å². The van der Waals surface area contributed by atoms with Crippen LogP contribution in [0.2, 0.25) is 0 Å². The fraction of sp³-hybridized carbons (Fsp3) is 0.188. The summed E-state index contributed by atoms with van der Waals surface area (Å²) in [5.41, 5.74) is 0.753. The van der Waals surface area contributed by atoms with Gasteiger partial charge in [-0.25, -0.2) is 0 Å². The second-order valence-electron chi connectivity index (χ2n) is 4.38. The van der Waals surface area contributed by atoms with Gasteiger partial charge in [-0.05, 0) is 18.1 Å². The monoisotopic (exact) mass is 295 g/mol. The summed E-state index contributed by atoms with van der Waals surface area (Å²) in [5.74, 6) is 0. The molecule has 2 rings (SSSR count). The number of thiazole rings is 1. The molecular formula is C16H13N3OS. The Morgan fingerprint density at radius 2 is 1.95 bits per heavy atom. The minimum absolute atomic E-state index is 0.0155. The molecule has 1 aromatic carbocycles. The van der Waals surface area contributed by atoms with Crippen molar-refractivity contribution in [3.8, 4) is 12.1 Å². The molecule has 0 N–H and O–H groups in total. The lowest BCUT2D eigenvalue weighted by molar-refractivity contribution is 0.650. The van der Waals surface area contributed by atoms with E-state index in [-0.39, 0.29) is 11.1 Å². The van der Waals surface area contributed by atoms with Crippen LogP contribution >= 0.6 is 11.3 Å². The Morgan fingerprint density at radius 1 is 1.29 bits per heavy atom. The van der Waals surface area contributed by atoms with Gasteiger partial charge in [0.2, 0.25) is 0 Å². The highest BCUT2D eigenvalue weighted by Crippen LogP contribution is 1.99. The molecule has 0 fully saturated rings. The van der Waals surface area contributed by atoms with Crippen molar-refractivity contribution in [1.82, 2.24) is 4.57 Å². The summed E-state index contributed by atoms with van der Waals surface area (Å²) in [7, 11) is 0. The molecule has 5 heteroatoms. The minimum atomic E-state index is -0.149. The van der Waals surface area contributed by atoms with Gasteiger partial charge in [-0.2, -0.15) is 10.5 Å². The lowest BCUT2D eigenvalue weighted by Crippen LogP contribution is -2.31. The van der Waals surface area contributed by atoms with Gasteiger partial charge in [0.05, 0.1) is 4.53 Å². The molecule has 0 aliphatic carbocycles. The highest BCUT2D eigenvalue weighted by molar-refractivity contribution is 7.07. The van der Waals surface area contributed by atoms with Gasteiger partial charge in [0, 0.05) is 6.54 Å². The van der Waals surface area contributed by atoms with Crippen molar-refractivity contribution >= 4 is 23.0 Å². The molecule has 0 bridgehead atoms. The molecule has 104 valence electrons. The van der Waals surface area contributed by atoms with E-state index in [1.165, 1.54) is 15.9 Å². The van der Waals surface area contributed by atoms with E-state index in [1.54, 1.807) is 6.08 Å². The van der Waals surface area contributed by atoms with Crippen molar-refractivity contribution in [3.05, 3.63) is 55.4 Å². The normalized spacial score (nSPS) is 10.9. The van der Waals surface area contributed by atoms with Crippen molar-refractivity contribution in [2.24, 2.45) is 0 Å². The average Bonchev–Trinajstić information content (AvgIpc) is 2.80. The smallest absolute Gasteiger partial charge is 0.269 e. The molecule has 2 aromatic rings. The molecule has 0 saturated heterocycles. The van der Waals surface area contributed by atoms with Gasteiger partial charge in [0.25, 0.3) is 5.56 Å². The van der Waals surface area contributed by atoms with E-state index in [1.807, 2.05) is 49.4 Å². The second-order valence-corrected chi connectivity index (χ2v) is 5.41. The van der Waals surface area contributed by atoms with Crippen molar-refractivity contribution in [3.63, 3.8) is 0 Å². The zero-order valence-electron chi connectivity index (χ0n) is 11.5. The van der Waals surface area contributed by atoms with E-state index in [9.17, 15) is 4.79 Å². The third-order valence-corrected chi connectivity index (χ3v) is 4.02. The summed E-state index contributed by atoms with van der Waals surface area (Å²) < 4.78 is 2.49. The molecule has 0 atom stereocenters. The highest BCUT2D eigenvalue weighted by atomic mass is 32.1. The standard InChI is InChI=1S/C16H13N3OS/c1-2-8-19-15(20)14(9-12-6-4-3-5-7-12)21-16(19)13(10-17)11-18/h3-7,9H,2,8H2,1H3/b14-9-. The summed E-state index contributed by atoms with van der Waals surface area (Å²) in [5, 5.41) is 18.1. The summed E-state index contributed by atoms with van der Waals surface area (Å²) in [4.78, 5) is 12.4. The van der Waals surface area contributed by atoms with E-state index in [4.69, 9.17) is 10.5 Å². The number of aromatic nitrogens is 1. The molecule has 0 unspecified atom stereocenters. The molecule has 1 heterocycles. The van der Waals surface area contributed by atoms with Gasteiger partial charge >= 0.3 is 0 Å². The Balaban J connectivity index is 2.79. The Bertz CT molecular complexity index is 876. The van der Waals surface area contributed by atoms with Crippen LogP contribution in [-0.4, -0.2) is 4.57 Å². The third kappa shape index (κ3) is 3.10. The lowest BCUT2D eigenvalue weighted by Gasteiger charge is -1.96. The van der Waals surface area contributed by atoms with Crippen molar-refractivity contribution in [2.75, 3.05) is 0 Å². The van der Waals surface area contributed by atoms with Gasteiger partial charge in [0.1, 0.15) is 16.8 Å². The predicted molar refractivity (Wildman–Crippen MR) is 82.8 cm³/mol. The molecule has 0 amide bonds. The maximum Gasteiger partial charge on any atom is 0.269 e. The van der Waals surface area contributed by atoms with Gasteiger partial charge in [-0.3, -0.25) is 9.36 Å². The molecule has 0 aliphatic rings. The van der Waals surface area contributed by atoms with Gasteiger partial charge in [0.15, 0.2) is 5.57 Å². The van der Waals surface area contributed by atoms with Crippen molar-refractivity contribution in [2.45, 2.75) is 19.9 Å². The number of nitrogens with zero attached hydrogens (tertiary/aromatic N) is 3. The number of nitriles is 2. The average molecular weight is 295 g/mol. The van der Waals surface area contributed by atoms with E-state index < -0.39 is 0 Å². The quantitative estimate of drug-likeness (QED) is 0.858. The van der Waals surface area contributed by atoms with E-state index in [0.29, 0.717) is 15.7 Å². The molecule has 1 aromatic heterocycles.